The van der Waals surface area contributed by atoms with Gasteiger partial charge < -0.3 is 26.4 Å². The summed E-state index contributed by atoms with van der Waals surface area (Å²) in [5, 5.41) is 7.73. The van der Waals surface area contributed by atoms with Crippen molar-refractivity contribution in [3.8, 4) is 5.75 Å². The van der Waals surface area contributed by atoms with Crippen molar-refractivity contribution in [3.63, 3.8) is 0 Å². The zero-order chi connectivity index (χ0) is 19.6. The van der Waals surface area contributed by atoms with Crippen LogP contribution < -0.4 is 26.4 Å². The van der Waals surface area contributed by atoms with Gasteiger partial charge in [-0.3, -0.25) is 4.79 Å². The number of hydrogen-bond acceptors (Lipinski definition) is 4. The molecule has 0 spiro atoms. The first kappa shape index (κ1) is 18.4. The van der Waals surface area contributed by atoms with Crippen molar-refractivity contribution in [2.24, 2.45) is 0 Å². The minimum atomic E-state index is -1.08. The van der Waals surface area contributed by atoms with Crippen LogP contribution >= 0.6 is 0 Å². The number of hydrogen-bond donors (Lipinski definition) is 4. The van der Waals surface area contributed by atoms with E-state index in [1.165, 1.54) is 19.2 Å². The van der Waals surface area contributed by atoms with Crippen molar-refractivity contribution in [2.75, 3.05) is 24.7 Å². The van der Waals surface area contributed by atoms with Crippen LogP contribution in [0.25, 0.3) is 0 Å². The van der Waals surface area contributed by atoms with Crippen LogP contribution in [0.5, 0.6) is 5.75 Å². The highest BCUT2D eigenvalue weighted by Crippen LogP contribution is 2.37. The van der Waals surface area contributed by atoms with E-state index in [2.05, 4.69) is 16.0 Å². The Kier molecular flexibility index (Phi) is 5.11. The van der Waals surface area contributed by atoms with E-state index in [0.717, 1.165) is 12.1 Å². The molecule has 0 aliphatic carbocycles. The SMILES string of the molecule is CNC(=O)NC1CCOc2c(C(=O)Nc3ccc(F)c(F)c3)cc(N)cc21. The molecular formula is C18H18F2N4O3. The Morgan fingerprint density at radius 2 is 1.96 bits per heavy atom. The first-order chi connectivity index (χ1) is 12.9. The minimum Gasteiger partial charge on any atom is -0.492 e. The summed E-state index contributed by atoms with van der Waals surface area (Å²) in [7, 11) is 1.50. The van der Waals surface area contributed by atoms with Crippen LogP contribution in [0.1, 0.15) is 28.4 Å². The van der Waals surface area contributed by atoms with E-state index in [4.69, 9.17) is 10.5 Å². The van der Waals surface area contributed by atoms with Crippen LogP contribution in [0, 0.1) is 11.6 Å². The van der Waals surface area contributed by atoms with E-state index in [0.29, 0.717) is 17.7 Å². The summed E-state index contributed by atoms with van der Waals surface area (Å²) in [6.45, 7) is 0.289. The number of urea groups is 1. The smallest absolute Gasteiger partial charge is 0.315 e. The van der Waals surface area contributed by atoms with Gasteiger partial charge in [-0.15, -0.1) is 0 Å². The van der Waals surface area contributed by atoms with Crippen LogP contribution in [0.4, 0.5) is 25.0 Å². The van der Waals surface area contributed by atoms with Gasteiger partial charge in [-0.1, -0.05) is 0 Å². The maximum Gasteiger partial charge on any atom is 0.315 e. The minimum absolute atomic E-state index is 0.0888. The fourth-order valence-corrected chi connectivity index (χ4v) is 2.85. The summed E-state index contributed by atoms with van der Waals surface area (Å²) >= 11 is 0. The molecule has 7 nitrogen and oxygen atoms in total. The quantitative estimate of drug-likeness (QED) is 0.618. The standard InChI is InChI=1S/C18H18F2N4O3/c1-22-18(26)24-15-4-5-27-16-11(15)6-9(21)7-12(16)17(25)23-10-2-3-13(19)14(20)8-10/h2-3,6-8,15H,4-5,21H2,1H3,(H,23,25)(H2,22,24,26). The van der Waals surface area contributed by atoms with E-state index in [1.54, 1.807) is 6.07 Å². The average molecular weight is 376 g/mol. The highest BCUT2D eigenvalue weighted by atomic mass is 19.2. The van der Waals surface area contributed by atoms with Gasteiger partial charge in [-0.25, -0.2) is 13.6 Å². The molecular weight excluding hydrogens is 358 g/mol. The summed E-state index contributed by atoms with van der Waals surface area (Å²) in [6, 6.07) is 5.34. The van der Waals surface area contributed by atoms with Crippen LogP contribution in [0.2, 0.25) is 0 Å². The molecule has 1 unspecified atom stereocenters. The lowest BCUT2D eigenvalue weighted by atomic mass is 9.96. The van der Waals surface area contributed by atoms with Gasteiger partial charge in [-0.2, -0.15) is 0 Å². The van der Waals surface area contributed by atoms with Crippen LogP contribution in [0.15, 0.2) is 30.3 Å². The zero-order valence-corrected chi connectivity index (χ0v) is 14.4. The molecule has 3 amide bonds. The summed E-state index contributed by atoms with van der Waals surface area (Å²) in [5.74, 6) is -2.39. The third-order valence-electron chi connectivity index (χ3n) is 4.12. The summed E-state index contributed by atoms with van der Waals surface area (Å²) < 4.78 is 32.0. The third-order valence-corrected chi connectivity index (χ3v) is 4.12. The molecule has 2 aromatic rings. The van der Waals surface area contributed by atoms with Gasteiger partial charge in [0.05, 0.1) is 18.2 Å². The molecule has 3 rings (SSSR count). The molecule has 2 aromatic carbocycles. The molecule has 27 heavy (non-hydrogen) atoms. The van der Waals surface area contributed by atoms with E-state index >= 15 is 0 Å². The third kappa shape index (κ3) is 3.91. The number of halogens is 2. The van der Waals surface area contributed by atoms with Gasteiger partial charge in [-0.05, 0) is 24.3 Å². The Labute approximate surface area is 153 Å². The highest BCUT2D eigenvalue weighted by molar-refractivity contribution is 6.07. The number of amides is 3. The van der Waals surface area contributed by atoms with Gasteiger partial charge in [0.15, 0.2) is 11.6 Å². The number of nitrogens with two attached hydrogens (primary N) is 1. The molecule has 1 aliphatic rings. The highest BCUT2D eigenvalue weighted by Gasteiger charge is 2.28. The van der Waals surface area contributed by atoms with Gasteiger partial charge in [0.25, 0.3) is 5.91 Å². The first-order valence-electron chi connectivity index (χ1n) is 8.20. The molecule has 0 saturated heterocycles. The number of nitrogens with one attached hydrogen (secondary N) is 3. The van der Waals surface area contributed by atoms with Crippen molar-refractivity contribution < 1.29 is 23.1 Å². The number of anilines is 2. The topological polar surface area (TPSA) is 105 Å². The second kappa shape index (κ2) is 7.48. The Morgan fingerprint density at radius 3 is 2.67 bits per heavy atom. The number of carbonyl (C=O) groups is 2. The number of benzene rings is 2. The molecule has 0 saturated carbocycles. The molecule has 1 aliphatic heterocycles. The summed E-state index contributed by atoms with van der Waals surface area (Å²) in [5.41, 5.74) is 7.01. The number of rotatable bonds is 3. The largest absolute Gasteiger partial charge is 0.492 e. The molecule has 5 N–H and O–H groups in total. The normalized spacial score (nSPS) is 15.3. The van der Waals surface area contributed by atoms with Crippen LogP contribution in [-0.2, 0) is 0 Å². The first-order valence-corrected chi connectivity index (χ1v) is 8.20. The monoisotopic (exact) mass is 376 g/mol. The van der Waals surface area contributed by atoms with Crippen molar-refractivity contribution in [1.29, 1.82) is 0 Å². The molecule has 142 valence electrons. The Hall–Kier alpha value is -3.36. The molecule has 0 radical (unpaired) electrons. The van der Waals surface area contributed by atoms with E-state index in [-0.39, 0.29) is 35.7 Å². The summed E-state index contributed by atoms with van der Waals surface area (Å²) in [4.78, 5) is 24.3. The zero-order valence-electron chi connectivity index (χ0n) is 14.4. The fraction of sp³-hybridized carbons (Fsp3) is 0.222. The number of fused-ring (bicyclic) bond motifs is 1. The number of carbonyl (C=O) groups excluding carboxylic acids is 2. The lowest BCUT2D eigenvalue weighted by Gasteiger charge is -2.28. The van der Waals surface area contributed by atoms with Gasteiger partial charge in [0.1, 0.15) is 5.75 Å². The van der Waals surface area contributed by atoms with Gasteiger partial charge in [0, 0.05) is 36.5 Å². The van der Waals surface area contributed by atoms with Crippen LogP contribution in [-0.4, -0.2) is 25.6 Å². The predicted molar refractivity (Wildman–Crippen MR) is 95.6 cm³/mol. The molecule has 9 heteroatoms. The molecule has 0 fully saturated rings. The number of nitrogen functional groups attached to an aromatic ring is 1. The lowest BCUT2D eigenvalue weighted by Crippen LogP contribution is -2.38. The van der Waals surface area contributed by atoms with Crippen molar-refractivity contribution in [3.05, 3.63) is 53.1 Å². The van der Waals surface area contributed by atoms with Gasteiger partial charge >= 0.3 is 6.03 Å². The molecule has 0 aromatic heterocycles. The van der Waals surface area contributed by atoms with Gasteiger partial charge in [0.2, 0.25) is 0 Å². The Bertz CT molecular complexity index is 904. The van der Waals surface area contributed by atoms with Crippen LogP contribution in [0.3, 0.4) is 0 Å². The second-order valence-electron chi connectivity index (χ2n) is 5.98. The fourth-order valence-electron chi connectivity index (χ4n) is 2.85. The predicted octanol–water partition coefficient (Wildman–Crippen LogP) is 2.55. The molecule has 1 atom stereocenters. The Balaban J connectivity index is 1.92. The average Bonchev–Trinajstić information content (AvgIpc) is 2.64. The van der Waals surface area contributed by atoms with Crippen molar-refractivity contribution in [1.82, 2.24) is 10.6 Å². The second-order valence-corrected chi connectivity index (χ2v) is 5.98. The molecule has 1 heterocycles. The van der Waals surface area contributed by atoms with Crippen molar-refractivity contribution >= 4 is 23.3 Å². The van der Waals surface area contributed by atoms with E-state index in [9.17, 15) is 18.4 Å². The van der Waals surface area contributed by atoms with Crippen molar-refractivity contribution in [2.45, 2.75) is 12.5 Å². The molecule has 0 bridgehead atoms. The Morgan fingerprint density at radius 1 is 1.19 bits per heavy atom. The lowest BCUT2D eigenvalue weighted by molar-refractivity contribution is 0.102. The number of ether oxygens (including phenoxy) is 1. The maximum atomic E-state index is 13.4. The van der Waals surface area contributed by atoms with E-state index < -0.39 is 17.5 Å². The maximum absolute atomic E-state index is 13.4. The summed E-state index contributed by atoms with van der Waals surface area (Å²) in [6.07, 6.45) is 0.508. The van der Waals surface area contributed by atoms with E-state index in [1.807, 2.05) is 0 Å².